The molecule has 100 valence electrons. The number of Topliss-reactive ketones (excluding diaryl/α,β-unsaturated/α-hetero) is 1. The van der Waals surface area contributed by atoms with Gasteiger partial charge in [-0.15, -0.1) is 0 Å². The summed E-state index contributed by atoms with van der Waals surface area (Å²) in [5.41, 5.74) is 1.13. The molecule has 1 amide bonds. The van der Waals surface area contributed by atoms with Crippen LogP contribution in [0.4, 0.5) is 5.69 Å². The topological polar surface area (TPSA) is 46.6 Å². The Kier molecular flexibility index (Phi) is 2.99. The second kappa shape index (κ2) is 4.81. The summed E-state index contributed by atoms with van der Waals surface area (Å²) in [7, 11) is 1.65. The number of hydrogen-bond acceptors (Lipinski definition) is 3. The van der Waals surface area contributed by atoms with Crippen LogP contribution in [0, 0.1) is 0 Å². The molecule has 3 rings (SSSR count). The summed E-state index contributed by atoms with van der Waals surface area (Å²) in [6, 6.07) is 15.9. The van der Waals surface area contributed by atoms with Crippen LogP contribution in [0.1, 0.15) is 10.4 Å². The molecule has 0 saturated heterocycles. The normalized spacial score (nSPS) is 17.9. The SMILES string of the molecule is CN1C(=O)C(Oc2ccccc2)C(=O)c2ccccc21. The Morgan fingerprint density at radius 2 is 1.60 bits per heavy atom. The van der Waals surface area contributed by atoms with Gasteiger partial charge in [-0.25, -0.2) is 0 Å². The number of rotatable bonds is 2. The number of benzene rings is 2. The van der Waals surface area contributed by atoms with E-state index >= 15 is 0 Å². The highest BCUT2D eigenvalue weighted by molar-refractivity contribution is 6.23. The Labute approximate surface area is 116 Å². The van der Waals surface area contributed by atoms with Gasteiger partial charge in [0.05, 0.1) is 5.69 Å². The predicted octanol–water partition coefficient (Wildman–Crippen LogP) is 2.29. The molecule has 1 aliphatic rings. The van der Waals surface area contributed by atoms with Gasteiger partial charge in [0.15, 0.2) is 0 Å². The van der Waals surface area contributed by atoms with Crippen LogP contribution in [0.5, 0.6) is 5.75 Å². The Bertz CT molecular complexity index is 666. The van der Waals surface area contributed by atoms with Gasteiger partial charge in [-0.2, -0.15) is 0 Å². The van der Waals surface area contributed by atoms with Crippen molar-refractivity contribution < 1.29 is 14.3 Å². The monoisotopic (exact) mass is 267 g/mol. The summed E-state index contributed by atoms with van der Waals surface area (Å²) in [6.07, 6.45) is -1.11. The van der Waals surface area contributed by atoms with Crippen LogP contribution in [0.3, 0.4) is 0 Å². The van der Waals surface area contributed by atoms with Crippen LogP contribution in [0.15, 0.2) is 54.6 Å². The highest BCUT2D eigenvalue weighted by Gasteiger charge is 2.39. The molecular weight excluding hydrogens is 254 g/mol. The lowest BCUT2D eigenvalue weighted by Crippen LogP contribution is -2.49. The van der Waals surface area contributed by atoms with Gasteiger partial charge in [0, 0.05) is 12.6 Å². The molecule has 1 heterocycles. The molecular formula is C16H13NO3. The average molecular weight is 267 g/mol. The second-order valence-electron chi connectivity index (χ2n) is 4.59. The first-order chi connectivity index (χ1) is 9.68. The molecule has 1 aliphatic heterocycles. The molecule has 20 heavy (non-hydrogen) atoms. The van der Waals surface area contributed by atoms with Gasteiger partial charge in [0.1, 0.15) is 5.75 Å². The standard InChI is InChI=1S/C16H13NO3/c1-17-13-10-6-5-9-12(13)14(18)15(16(17)19)20-11-7-3-2-4-8-11/h2-10,15H,1H3. The van der Waals surface area contributed by atoms with E-state index in [1.165, 1.54) is 4.90 Å². The number of carbonyl (C=O) groups is 2. The largest absolute Gasteiger partial charge is 0.472 e. The summed E-state index contributed by atoms with van der Waals surface area (Å²) < 4.78 is 5.57. The molecule has 0 spiro atoms. The van der Waals surface area contributed by atoms with E-state index in [-0.39, 0.29) is 11.7 Å². The van der Waals surface area contributed by atoms with Gasteiger partial charge in [0.2, 0.25) is 11.9 Å². The highest BCUT2D eigenvalue weighted by atomic mass is 16.5. The maximum absolute atomic E-state index is 12.4. The minimum atomic E-state index is -1.11. The van der Waals surface area contributed by atoms with Crippen LogP contribution in [0.2, 0.25) is 0 Å². The van der Waals surface area contributed by atoms with E-state index in [4.69, 9.17) is 4.74 Å². The van der Waals surface area contributed by atoms with E-state index in [0.717, 1.165) is 0 Å². The van der Waals surface area contributed by atoms with Crippen molar-refractivity contribution in [3.63, 3.8) is 0 Å². The average Bonchev–Trinajstić information content (AvgIpc) is 2.50. The van der Waals surface area contributed by atoms with E-state index in [0.29, 0.717) is 17.0 Å². The van der Waals surface area contributed by atoms with Crippen molar-refractivity contribution in [2.24, 2.45) is 0 Å². The minimum absolute atomic E-state index is 0.299. The quantitative estimate of drug-likeness (QED) is 0.784. The fourth-order valence-corrected chi connectivity index (χ4v) is 2.26. The van der Waals surface area contributed by atoms with Gasteiger partial charge < -0.3 is 9.64 Å². The third-order valence-corrected chi connectivity index (χ3v) is 3.32. The van der Waals surface area contributed by atoms with Gasteiger partial charge in [0.25, 0.3) is 5.91 Å². The Hall–Kier alpha value is -2.62. The number of amides is 1. The Morgan fingerprint density at radius 3 is 2.35 bits per heavy atom. The summed E-state index contributed by atoms with van der Waals surface area (Å²) in [5.74, 6) is -0.142. The summed E-state index contributed by atoms with van der Waals surface area (Å²) in [6.45, 7) is 0. The molecule has 0 radical (unpaired) electrons. The molecule has 4 heteroatoms. The first kappa shape index (κ1) is 12.4. The molecule has 0 fully saturated rings. The Balaban J connectivity index is 1.97. The van der Waals surface area contributed by atoms with Crippen LogP contribution in [-0.2, 0) is 4.79 Å². The van der Waals surface area contributed by atoms with Crippen molar-refractivity contribution in [3.05, 3.63) is 60.2 Å². The molecule has 2 aromatic carbocycles. The maximum Gasteiger partial charge on any atom is 0.276 e. The number of nitrogens with zero attached hydrogens (tertiary/aromatic N) is 1. The van der Waals surface area contributed by atoms with Crippen LogP contribution in [-0.4, -0.2) is 24.8 Å². The number of fused-ring (bicyclic) bond motifs is 1. The minimum Gasteiger partial charge on any atom is -0.472 e. The van der Waals surface area contributed by atoms with Crippen LogP contribution < -0.4 is 9.64 Å². The molecule has 0 aliphatic carbocycles. The fourth-order valence-electron chi connectivity index (χ4n) is 2.26. The number of para-hydroxylation sites is 2. The lowest BCUT2D eigenvalue weighted by atomic mass is 9.98. The summed E-state index contributed by atoms with van der Waals surface area (Å²) in [4.78, 5) is 26.2. The molecule has 0 N–H and O–H groups in total. The zero-order valence-corrected chi connectivity index (χ0v) is 10.9. The van der Waals surface area contributed by atoms with Crippen molar-refractivity contribution >= 4 is 17.4 Å². The van der Waals surface area contributed by atoms with Gasteiger partial charge >= 0.3 is 0 Å². The number of ether oxygens (including phenoxy) is 1. The molecule has 1 unspecified atom stereocenters. The van der Waals surface area contributed by atoms with Crippen molar-refractivity contribution in [3.8, 4) is 5.75 Å². The van der Waals surface area contributed by atoms with Crippen LogP contribution >= 0.6 is 0 Å². The van der Waals surface area contributed by atoms with Crippen molar-refractivity contribution in [2.75, 3.05) is 11.9 Å². The number of carbonyl (C=O) groups excluding carboxylic acids is 2. The number of hydrogen-bond donors (Lipinski definition) is 0. The smallest absolute Gasteiger partial charge is 0.276 e. The van der Waals surface area contributed by atoms with E-state index in [9.17, 15) is 9.59 Å². The molecule has 0 bridgehead atoms. The number of ketones is 1. The molecule has 4 nitrogen and oxygen atoms in total. The van der Waals surface area contributed by atoms with Gasteiger partial charge in [-0.05, 0) is 24.3 Å². The first-order valence-corrected chi connectivity index (χ1v) is 6.31. The lowest BCUT2D eigenvalue weighted by molar-refractivity contribution is -0.123. The molecule has 2 aromatic rings. The van der Waals surface area contributed by atoms with Crippen LogP contribution in [0.25, 0.3) is 0 Å². The molecule has 0 aromatic heterocycles. The van der Waals surface area contributed by atoms with E-state index in [1.54, 1.807) is 55.6 Å². The van der Waals surface area contributed by atoms with Gasteiger partial charge in [-0.1, -0.05) is 30.3 Å². The lowest BCUT2D eigenvalue weighted by Gasteiger charge is -2.30. The van der Waals surface area contributed by atoms with E-state index in [2.05, 4.69) is 0 Å². The van der Waals surface area contributed by atoms with E-state index in [1.807, 2.05) is 6.07 Å². The number of anilines is 1. The summed E-state index contributed by atoms with van der Waals surface area (Å²) >= 11 is 0. The third-order valence-electron chi connectivity index (χ3n) is 3.32. The Morgan fingerprint density at radius 1 is 0.950 bits per heavy atom. The number of likely N-dealkylation sites (N-methyl/N-ethyl adjacent to an activating group) is 1. The zero-order valence-electron chi connectivity index (χ0n) is 10.9. The fraction of sp³-hybridized carbons (Fsp3) is 0.125. The maximum atomic E-state index is 12.4. The van der Waals surface area contributed by atoms with Gasteiger partial charge in [-0.3, -0.25) is 9.59 Å². The van der Waals surface area contributed by atoms with E-state index < -0.39 is 6.10 Å². The third kappa shape index (κ3) is 1.95. The molecule has 0 saturated carbocycles. The second-order valence-corrected chi connectivity index (χ2v) is 4.59. The molecule has 1 atom stereocenters. The highest BCUT2D eigenvalue weighted by Crippen LogP contribution is 2.28. The first-order valence-electron chi connectivity index (χ1n) is 6.31. The van der Waals surface area contributed by atoms with Crippen molar-refractivity contribution in [1.82, 2.24) is 0 Å². The summed E-state index contributed by atoms with van der Waals surface area (Å²) in [5, 5.41) is 0. The zero-order chi connectivity index (χ0) is 14.1. The predicted molar refractivity (Wildman–Crippen MR) is 75.0 cm³/mol. The van der Waals surface area contributed by atoms with Crippen molar-refractivity contribution in [1.29, 1.82) is 0 Å². The van der Waals surface area contributed by atoms with Crippen molar-refractivity contribution in [2.45, 2.75) is 6.10 Å².